The van der Waals surface area contributed by atoms with Gasteiger partial charge in [-0.25, -0.2) is 0 Å². The largest absolute Gasteiger partial charge is 0.453 e. The van der Waals surface area contributed by atoms with Gasteiger partial charge in [0.25, 0.3) is 17.7 Å². The Morgan fingerprint density at radius 1 is 1.10 bits per heavy atom. The van der Waals surface area contributed by atoms with Gasteiger partial charge in [-0.2, -0.15) is 0 Å². The monoisotopic (exact) mass is 745 g/mol. The lowest BCUT2D eigenvalue weighted by Crippen LogP contribution is -2.36. The Bertz CT molecular complexity index is 848. The average Bonchev–Trinajstić information content (AvgIpc) is 2.61. The molecular weight excluding hydrogens is 727 g/mol. The molecule has 5 N–H and O–H groups in total. The van der Waals surface area contributed by atoms with E-state index in [1.54, 1.807) is 22.6 Å². The predicted molar refractivity (Wildman–Crippen MR) is 128 cm³/mol. The Labute approximate surface area is 207 Å². The lowest BCUT2D eigenvalue weighted by molar-refractivity contribution is -0.150. The van der Waals surface area contributed by atoms with Crippen LogP contribution >= 0.6 is 67.8 Å². The molecule has 13 heteroatoms. The van der Waals surface area contributed by atoms with E-state index in [-0.39, 0.29) is 33.5 Å². The number of rotatable bonds is 8. The number of nitrogens with two attached hydrogens (primary N) is 1. The Morgan fingerprint density at radius 3 is 2.10 bits per heavy atom. The van der Waals surface area contributed by atoms with Crippen LogP contribution in [0.15, 0.2) is 0 Å². The first kappa shape index (κ1) is 26.2. The van der Waals surface area contributed by atoms with Crippen molar-refractivity contribution in [3.63, 3.8) is 0 Å². The van der Waals surface area contributed by atoms with Crippen LogP contribution in [-0.2, 0) is 14.3 Å². The summed E-state index contributed by atoms with van der Waals surface area (Å²) in [7, 11) is 0. The molecule has 0 saturated carbocycles. The molecule has 0 spiro atoms. The second-order valence-electron chi connectivity index (χ2n) is 5.61. The number of hydrogen-bond acceptors (Lipinski definition) is 7. The molecule has 3 amide bonds. The first-order valence-electron chi connectivity index (χ1n) is 7.97. The number of carbonyl (C=O) groups excluding carboxylic acids is 4. The molecule has 29 heavy (non-hydrogen) atoms. The highest BCUT2D eigenvalue weighted by Gasteiger charge is 2.30. The number of hydrogen-bond donors (Lipinski definition) is 4. The number of primary amides is 1. The number of anilines is 1. The maximum Gasteiger partial charge on any atom is 0.303 e. The highest BCUT2D eigenvalue weighted by molar-refractivity contribution is 14.1. The van der Waals surface area contributed by atoms with Crippen molar-refractivity contribution in [1.29, 1.82) is 0 Å². The second kappa shape index (κ2) is 11.6. The summed E-state index contributed by atoms with van der Waals surface area (Å²) < 4.78 is 5.70. The number of esters is 1. The SMILES string of the molecule is CC(=O)OC(C)C(=O)Nc1c(I)c(C(N)=O)c(I)c(C(=O)N(CO)CCO)c1I. The normalized spacial score (nSPS) is 11.6. The molecule has 1 atom stereocenters. The average molecular weight is 745 g/mol. The van der Waals surface area contributed by atoms with Gasteiger partial charge in [0.05, 0.1) is 30.6 Å². The van der Waals surface area contributed by atoms with E-state index < -0.39 is 36.5 Å². The van der Waals surface area contributed by atoms with Gasteiger partial charge >= 0.3 is 5.97 Å². The third-order valence-corrected chi connectivity index (χ3v) is 6.80. The molecule has 0 aliphatic rings. The van der Waals surface area contributed by atoms with Gasteiger partial charge in [0.15, 0.2) is 6.10 Å². The highest BCUT2D eigenvalue weighted by atomic mass is 127. The Hall–Kier alpha value is -0.790. The third-order valence-electron chi connectivity index (χ3n) is 3.57. The van der Waals surface area contributed by atoms with Gasteiger partial charge in [0.1, 0.15) is 6.73 Å². The molecule has 0 bridgehead atoms. The Morgan fingerprint density at radius 2 is 1.66 bits per heavy atom. The minimum atomic E-state index is -1.11. The van der Waals surface area contributed by atoms with Gasteiger partial charge in [-0.15, -0.1) is 0 Å². The molecule has 1 aromatic carbocycles. The topological polar surface area (TPSA) is 159 Å². The van der Waals surface area contributed by atoms with E-state index in [1.807, 2.05) is 45.2 Å². The predicted octanol–water partition coefficient (Wildman–Crippen LogP) is 0.874. The van der Waals surface area contributed by atoms with E-state index in [2.05, 4.69) is 5.32 Å². The van der Waals surface area contributed by atoms with E-state index in [1.165, 1.54) is 6.92 Å². The molecule has 1 rings (SSSR count). The zero-order valence-corrected chi connectivity index (χ0v) is 21.8. The molecule has 0 heterocycles. The quantitative estimate of drug-likeness (QED) is 0.175. The number of aliphatic hydroxyl groups excluding tert-OH is 2. The maximum absolute atomic E-state index is 12.9. The second-order valence-corrected chi connectivity index (χ2v) is 8.84. The lowest BCUT2D eigenvalue weighted by atomic mass is 10.1. The number of nitrogens with one attached hydrogen (secondary N) is 1. The van der Waals surface area contributed by atoms with Crippen molar-refractivity contribution >= 4 is 97.2 Å². The smallest absolute Gasteiger partial charge is 0.303 e. The summed E-state index contributed by atoms with van der Waals surface area (Å²) in [5, 5.41) is 21.1. The van der Waals surface area contributed by atoms with Crippen molar-refractivity contribution in [2.24, 2.45) is 5.73 Å². The van der Waals surface area contributed by atoms with Crippen molar-refractivity contribution in [3.05, 3.63) is 21.8 Å². The Kier molecular flexibility index (Phi) is 10.5. The van der Waals surface area contributed by atoms with Crippen LogP contribution in [-0.4, -0.2) is 64.8 Å². The van der Waals surface area contributed by atoms with Crippen molar-refractivity contribution in [2.45, 2.75) is 20.0 Å². The summed E-state index contributed by atoms with van der Waals surface area (Å²) in [5.41, 5.74) is 5.69. The van der Waals surface area contributed by atoms with Gasteiger partial charge < -0.3 is 30.9 Å². The van der Waals surface area contributed by atoms with Crippen LogP contribution in [0.5, 0.6) is 0 Å². The van der Waals surface area contributed by atoms with E-state index in [0.29, 0.717) is 7.14 Å². The first-order valence-corrected chi connectivity index (χ1v) is 11.2. The number of benzene rings is 1. The molecule has 10 nitrogen and oxygen atoms in total. The van der Waals surface area contributed by atoms with Crippen LogP contribution in [0.2, 0.25) is 0 Å². The molecule has 0 aromatic heterocycles. The summed E-state index contributed by atoms with van der Waals surface area (Å²) in [6, 6.07) is 0. The lowest BCUT2D eigenvalue weighted by Gasteiger charge is -2.23. The fourth-order valence-electron chi connectivity index (χ4n) is 2.22. The van der Waals surface area contributed by atoms with Gasteiger partial charge in [-0.05, 0) is 74.7 Å². The van der Waals surface area contributed by atoms with Gasteiger partial charge in [-0.3, -0.25) is 19.2 Å². The molecule has 0 fully saturated rings. The number of amides is 3. The summed E-state index contributed by atoms with van der Waals surface area (Å²) in [5.74, 6) is -2.78. The number of nitrogens with zero attached hydrogens (tertiary/aromatic N) is 1. The first-order chi connectivity index (χ1) is 13.5. The number of ether oxygens (including phenoxy) is 1. The molecule has 0 aliphatic heterocycles. The van der Waals surface area contributed by atoms with Crippen molar-refractivity contribution < 1.29 is 34.1 Å². The van der Waals surface area contributed by atoms with Crippen LogP contribution in [0.1, 0.15) is 34.6 Å². The molecule has 1 unspecified atom stereocenters. The minimum Gasteiger partial charge on any atom is -0.453 e. The standard InChI is InChI=1S/C16H18I3N3O7/c1-6(29-7(2)25)15(27)21-13-11(18)8(14(20)26)10(17)9(12(13)19)16(28)22(5-24)3-4-23/h6,23-24H,3-5H2,1-2H3,(H2,20,26)(H,21,27). The molecular formula is C16H18I3N3O7. The summed E-state index contributed by atoms with van der Waals surface area (Å²) in [6.07, 6.45) is -1.11. The van der Waals surface area contributed by atoms with Crippen LogP contribution in [0, 0.1) is 10.7 Å². The molecule has 0 radical (unpaired) electrons. The van der Waals surface area contributed by atoms with E-state index in [0.717, 1.165) is 11.8 Å². The zero-order chi connectivity index (χ0) is 22.5. The fourth-order valence-corrected chi connectivity index (χ4v) is 6.65. The molecule has 0 aliphatic carbocycles. The van der Waals surface area contributed by atoms with E-state index in [4.69, 9.17) is 15.6 Å². The number of aliphatic hydroxyl groups is 2. The maximum atomic E-state index is 12.9. The van der Waals surface area contributed by atoms with Crippen LogP contribution in [0.4, 0.5) is 5.69 Å². The summed E-state index contributed by atoms with van der Waals surface area (Å²) in [6.45, 7) is 1.36. The van der Waals surface area contributed by atoms with Gasteiger partial charge in [-0.1, -0.05) is 0 Å². The van der Waals surface area contributed by atoms with Gasteiger partial charge in [0, 0.05) is 17.0 Å². The van der Waals surface area contributed by atoms with Crippen molar-refractivity contribution in [1.82, 2.24) is 4.90 Å². The highest BCUT2D eigenvalue weighted by Crippen LogP contribution is 2.36. The van der Waals surface area contributed by atoms with Crippen molar-refractivity contribution in [2.75, 3.05) is 25.2 Å². The Balaban J connectivity index is 3.60. The summed E-state index contributed by atoms with van der Waals surface area (Å²) in [4.78, 5) is 49.4. The fraction of sp³-hybridized carbons (Fsp3) is 0.375. The van der Waals surface area contributed by atoms with Crippen molar-refractivity contribution in [3.8, 4) is 0 Å². The summed E-state index contributed by atoms with van der Waals surface area (Å²) >= 11 is 5.45. The number of halogens is 3. The van der Waals surface area contributed by atoms with Crippen LogP contribution < -0.4 is 11.1 Å². The minimum absolute atomic E-state index is 0.0206. The van der Waals surface area contributed by atoms with E-state index >= 15 is 0 Å². The zero-order valence-electron chi connectivity index (χ0n) is 15.3. The van der Waals surface area contributed by atoms with Crippen LogP contribution in [0.3, 0.4) is 0 Å². The molecule has 1 aromatic rings. The van der Waals surface area contributed by atoms with Crippen LogP contribution in [0.25, 0.3) is 0 Å². The molecule has 160 valence electrons. The molecule has 0 saturated heterocycles. The number of carbonyl (C=O) groups is 4. The van der Waals surface area contributed by atoms with Gasteiger partial charge in [0.2, 0.25) is 0 Å². The van der Waals surface area contributed by atoms with E-state index in [9.17, 15) is 24.3 Å². The third kappa shape index (κ3) is 6.34.